The largest absolute Gasteiger partial charge is 0.494 e. The third-order valence-electron chi connectivity index (χ3n) is 3.61. The van der Waals surface area contributed by atoms with E-state index in [1.165, 1.54) is 0 Å². The van der Waals surface area contributed by atoms with E-state index in [-0.39, 0.29) is 24.0 Å². The van der Waals surface area contributed by atoms with Gasteiger partial charge in [0.15, 0.2) is 5.96 Å². The van der Waals surface area contributed by atoms with Gasteiger partial charge in [0, 0.05) is 12.1 Å². The van der Waals surface area contributed by atoms with Crippen LogP contribution < -0.4 is 15.4 Å². The number of furan rings is 1. The van der Waals surface area contributed by atoms with Crippen molar-refractivity contribution in [2.24, 2.45) is 4.99 Å². The molecule has 0 aliphatic heterocycles. The standard InChI is InChI=1S/C19H27N3O3.HI/c1-4-20-19(22-13-16(23)17-7-6-10-25-17)21-12-15-9-8-14(3)11-18(15)24-5-2;/h6-11,16,23H,4-5,12-13H2,1-3H3,(H2,20,21,22);1H. The maximum atomic E-state index is 10.1. The monoisotopic (exact) mass is 473 g/mol. The molecule has 2 aromatic rings. The second kappa shape index (κ2) is 11.8. The van der Waals surface area contributed by atoms with Crippen LogP contribution in [0.1, 0.15) is 36.8 Å². The molecule has 2 rings (SSSR count). The molecule has 7 heteroatoms. The Morgan fingerprint density at radius 2 is 2.08 bits per heavy atom. The number of hydrogen-bond donors (Lipinski definition) is 3. The van der Waals surface area contributed by atoms with Gasteiger partial charge in [0.2, 0.25) is 0 Å². The summed E-state index contributed by atoms with van der Waals surface area (Å²) in [4.78, 5) is 4.58. The molecular formula is C19H28IN3O3. The predicted molar refractivity (Wildman–Crippen MR) is 114 cm³/mol. The van der Waals surface area contributed by atoms with Crippen LogP contribution in [0, 0.1) is 6.92 Å². The third-order valence-corrected chi connectivity index (χ3v) is 3.61. The van der Waals surface area contributed by atoms with Gasteiger partial charge in [-0.25, -0.2) is 4.99 Å². The van der Waals surface area contributed by atoms with Crippen molar-refractivity contribution in [2.45, 2.75) is 33.4 Å². The van der Waals surface area contributed by atoms with Gasteiger partial charge in [-0.1, -0.05) is 12.1 Å². The molecule has 1 aromatic carbocycles. The number of nitrogens with one attached hydrogen (secondary N) is 2. The van der Waals surface area contributed by atoms with Gasteiger partial charge < -0.3 is 24.9 Å². The fourth-order valence-electron chi connectivity index (χ4n) is 2.36. The molecule has 0 aliphatic rings. The Balaban J connectivity index is 0.00000338. The summed E-state index contributed by atoms with van der Waals surface area (Å²) in [6.45, 7) is 8.15. The molecule has 1 heterocycles. The summed E-state index contributed by atoms with van der Waals surface area (Å²) >= 11 is 0. The number of aliphatic hydroxyl groups excluding tert-OH is 1. The normalized spacial score (nSPS) is 12.2. The minimum absolute atomic E-state index is 0. The molecule has 0 aliphatic carbocycles. The zero-order chi connectivity index (χ0) is 18.1. The predicted octanol–water partition coefficient (Wildman–Crippen LogP) is 3.39. The number of aliphatic imine (C=N–C) groups is 1. The highest BCUT2D eigenvalue weighted by molar-refractivity contribution is 14.0. The van der Waals surface area contributed by atoms with Crippen LogP contribution in [0.2, 0.25) is 0 Å². The van der Waals surface area contributed by atoms with Crippen molar-refractivity contribution >= 4 is 29.9 Å². The maximum Gasteiger partial charge on any atom is 0.191 e. The van der Waals surface area contributed by atoms with Gasteiger partial charge >= 0.3 is 0 Å². The van der Waals surface area contributed by atoms with Gasteiger partial charge in [-0.2, -0.15) is 0 Å². The first-order valence-electron chi connectivity index (χ1n) is 8.60. The zero-order valence-electron chi connectivity index (χ0n) is 15.5. The molecule has 1 atom stereocenters. The lowest BCUT2D eigenvalue weighted by Gasteiger charge is -2.15. The highest BCUT2D eigenvalue weighted by Crippen LogP contribution is 2.21. The molecule has 0 saturated heterocycles. The van der Waals surface area contributed by atoms with E-state index in [2.05, 4.69) is 15.6 Å². The number of aryl methyl sites for hydroxylation is 1. The number of guanidine groups is 1. The molecule has 1 unspecified atom stereocenters. The zero-order valence-corrected chi connectivity index (χ0v) is 17.8. The molecule has 1 aromatic heterocycles. The number of benzene rings is 1. The molecule has 3 N–H and O–H groups in total. The lowest BCUT2D eigenvalue weighted by molar-refractivity contribution is 0.153. The number of rotatable bonds is 8. The Hall–Kier alpha value is -1.74. The van der Waals surface area contributed by atoms with Crippen molar-refractivity contribution in [3.8, 4) is 5.75 Å². The molecule has 0 radical (unpaired) electrons. The maximum absolute atomic E-state index is 10.1. The molecule has 0 amide bonds. The number of nitrogens with zero attached hydrogens (tertiary/aromatic N) is 1. The van der Waals surface area contributed by atoms with Crippen LogP contribution in [0.4, 0.5) is 0 Å². The molecule has 0 fully saturated rings. The summed E-state index contributed by atoms with van der Waals surface area (Å²) in [7, 11) is 0. The number of aliphatic hydroxyl groups is 1. The average molecular weight is 473 g/mol. The van der Waals surface area contributed by atoms with Gasteiger partial charge in [-0.15, -0.1) is 24.0 Å². The third kappa shape index (κ3) is 6.87. The van der Waals surface area contributed by atoms with Crippen molar-refractivity contribution in [1.82, 2.24) is 10.6 Å². The second-order valence-corrected chi connectivity index (χ2v) is 5.65. The first-order chi connectivity index (χ1) is 12.1. The van der Waals surface area contributed by atoms with Crippen LogP contribution in [0.5, 0.6) is 5.75 Å². The Labute approximate surface area is 172 Å². The van der Waals surface area contributed by atoms with E-state index in [1.807, 2.05) is 39.0 Å². The van der Waals surface area contributed by atoms with Crippen molar-refractivity contribution < 1.29 is 14.3 Å². The van der Waals surface area contributed by atoms with E-state index >= 15 is 0 Å². The highest BCUT2D eigenvalue weighted by atomic mass is 127. The van der Waals surface area contributed by atoms with Crippen LogP contribution in [0.25, 0.3) is 0 Å². The van der Waals surface area contributed by atoms with E-state index in [0.29, 0.717) is 31.4 Å². The number of hydrogen-bond acceptors (Lipinski definition) is 4. The lowest BCUT2D eigenvalue weighted by atomic mass is 10.1. The number of halogens is 1. The van der Waals surface area contributed by atoms with E-state index in [9.17, 15) is 5.11 Å². The SMILES string of the molecule is CCNC(=NCc1ccc(C)cc1OCC)NCC(O)c1ccco1.I. The van der Waals surface area contributed by atoms with Crippen molar-refractivity contribution in [1.29, 1.82) is 0 Å². The molecule has 0 spiro atoms. The van der Waals surface area contributed by atoms with Crippen molar-refractivity contribution in [2.75, 3.05) is 19.7 Å². The minimum atomic E-state index is -0.725. The van der Waals surface area contributed by atoms with Crippen molar-refractivity contribution in [3.63, 3.8) is 0 Å². The summed E-state index contributed by atoms with van der Waals surface area (Å²) < 4.78 is 10.9. The highest BCUT2D eigenvalue weighted by Gasteiger charge is 2.11. The summed E-state index contributed by atoms with van der Waals surface area (Å²) in [6, 6.07) is 9.61. The smallest absolute Gasteiger partial charge is 0.191 e. The molecule has 26 heavy (non-hydrogen) atoms. The quantitative estimate of drug-likeness (QED) is 0.311. The summed E-state index contributed by atoms with van der Waals surface area (Å²) in [6.07, 6.45) is 0.821. The van der Waals surface area contributed by atoms with Crippen LogP contribution in [0.15, 0.2) is 46.0 Å². The van der Waals surface area contributed by atoms with Crippen LogP contribution >= 0.6 is 24.0 Å². The van der Waals surface area contributed by atoms with Gasteiger partial charge in [-0.05, 0) is 44.5 Å². The van der Waals surface area contributed by atoms with Crippen molar-refractivity contribution in [3.05, 3.63) is 53.5 Å². The molecule has 144 valence electrons. The molecule has 0 bridgehead atoms. The molecule has 6 nitrogen and oxygen atoms in total. The Bertz CT molecular complexity index is 675. The Morgan fingerprint density at radius 1 is 1.27 bits per heavy atom. The summed E-state index contributed by atoms with van der Waals surface area (Å²) in [5.41, 5.74) is 2.18. The van der Waals surface area contributed by atoms with Crippen LogP contribution in [-0.4, -0.2) is 30.8 Å². The van der Waals surface area contributed by atoms with Gasteiger partial charge in [0.1, 0.15) is 17.6 Å². The first-order valence-corrected chi connectivity index (χ1v) is 8.60. The molecular weight excluding hydrogens is 445 g/mol. The number of ether oxygens (including phenoxy) is 1. The van der Waals surface area contributed by atoms with Gasteiger partial charge in [0.05, 0.1) is 26.0 Å². The Morgan fingerprint density at radius 3 is 2.73 bits per heavy atom. The van der Waals surface area contributed by atoms with Gasteiger partial charge in [0.25, 0.3) is 0 Å². The summed E-state index contributed by atoms with van der Waals surface area (Å²) in [5.74, 6) is 2.02. The lowest BCUT2D eigenvalue weighted by Crippen LogP contribution is -2.39. The Kier molecular flexibility index (Phi) is 10.1. The first kappa shape index (κ1) is 22.3. The van der Waals surface area contributed by atoms with E-state index < -0.39 is 6.10 Å². The van der Waals surface area contributed by atoms with Gasteiger partial charge in [-0.3, -0.25) is 0 Å². The van der Waals surface area contributed by atoms with Crippen LogP contribution in [0.3, 0.4) is 0 Å². The fraction of sp³-hybridized carbons (Fsp3) is 0.421. The topological polar surface area (TPSA) is 79.0 Å². The second-order valence-electron chi connectivity index (χ2n) is 5.65. The van der Waals surface area contributed by atoms with E-state index in [0.717, 1.165) is 23.4 Å². The summed E-state index contributed by atoms with van der Waals surface area (Å²) in [5, 5.41) is 16.4. The molecule has 0 saturated carbocycles. The fourth-order valence-corrected chi connectivity index (χ4v) is 2.36. The minimum Gasteiger partial charge on any atom is -0.494 e. The average Bonchev–Trinajstić information content (AvgIpc) is 3.13. The van der Waals surface area contributed by atoms with E-state index in [1.54, 1.807) is 18.4 Å². The van der Waals surface area contributed by atoms with E-state index in [4.69, 9.17) is 9.15 Å². The van der Waals surface area contributed by atoms with Crippen LogP contribution in [-0.2, 0) is 6.54 Å².